The van der Waals surface area contributed by atoms with Crippen molar-refractivity contribution in [1.82, 2.24) is 0 Å². The molecule has 20 heavy (non-hydrogen) atoms. The number of thiol groups is 1. The van der Waals surface area contributed by atoms with Crippen molar-refractivity contribution in [3.8, 4) is 0 Å². The topological polar surface area (TPSA) is 81.5 Å². The molecule has 0 saturated heterocycles. The van der Waals surface area contributed by atoms with Crippen molar-refractivity contribution in [3.63, 3.8) is 0 Å². The Hall–Kier alpha value is -1.75. The molecule has 5 heteroatoms. The number of allylic oxidation sites excluding steroid dienone is 1. The molecule has 4 nitrogen and oxygen atoms in total. The third-order valence-corrected chi connectivity index (χ3v) is 2.58. The molecule has 1 rings (SSSR count). The second-order valence-corrected chi connectivity index (χ2v) is 4.70. The minimum absolute atomic E-state index is 0.125. The van der Waals surface area contributed by atoms with Gasteiger partial charge in [0.1, 0.15) is 0 Å². The molecule has 0 unspecified atom stereocenters. The highest BCUT2D eigenvalue weighted by atomic mass is 32.1. The van der Waals surface area contributed by atoms with Crippen molar-refractivity contribution in [1.29, 1.82) is 0 Å². The van der Waals surface area contributed by atoms with Gasteiger partial charge in [0, 0.05) is 19.2 Å². The van der Waals surface area contributed by atoms with Crippen LogP contribution in [0.5, 0.6) is 0 Å². The summed E-state index contributed by atoms with van der Waals surface area (Å²) < 4.78 is 0. The van der Waals surface area contributed by atoms with Crippen LogP contribution >= 0.6 is 12.6 Å². The second-order valence-electron chi connectivity index (χ2n) is 4.20. The lowest BCUT2D eigenvalue weighted by atomic mass is 10.1. The Morgan fingerprint density at radius 2 is 1.80 bits per heavy atom. The van der Waals surface area contributed by atoms with Crippen molar-refractivity contribution in [2.75, 3.05) is 7.05 Å². The van der Waals surface area contributed by atoms with E-state index in [1.54, 1.807) is 14.0 Å². The van der Waals surface area contributed by atoms with Crippen molar-refractivity contribution in [2.45, 2.75) is 26.7 Å². The van der Waals surface area contributed by atoms with Crippen LogP contribution in [0, 0.1) is 0 Å². The molecule has 0 bridgehead atoms. The first kappa shape index (κ1) is 18.2. The Morgan fingerprint density at radius 1 is 1.30 bits per heavy atom. The number of hydrogen-bond donors (Lipinski definition) is 3. The lowest BCUT2D eigenvalue weighted by molar-refractivity contribution is -0.110. The predicted molar refractivity (Wildman–Crippen MR) is 89.8 cm³/mol. The molecule has 0 aliphatic rings. The summed E-state index contributed by atoms with van der Waals surface area (Å²) in [6.45, 7) is 3.79. The molecule has 4 N–H and O–H groups in total. The van der Waals surface area contributed by atoms with Gasteiger partial charge in [-0.3, -0.25) is 9.79 Å². The maximum Gasteiger partial charge on any atom is 0.190 e. The van der Waals surface area contributed by atoms with E-state index in [0.717, 1.165) is 23.2 Å². The third kappa shape index (κ3) is 8.37. The standard InChI is InChI=1S/C12H15NOS.C3H8N2/c1-2-3-11(13)10-6-4-9(5-7-10)8-12(14)15;1-3(4)5-2/h3-7H,2,8,13H2,1H3,(H,14,15);1-2H3,(H2,4,5)/b11-3+;. The van der Waals surface area contributed by atoms with Gasteiger partial charge in [-0.1, -0.05) is 37.3 Å². The lowest BCUT2D eigenvalue weighted by Crippen LogP contribution is -2.03. The van der Waals surface area contributed by atoms with E-state index in [9.17, 15) is 4.79 Å². The molecule has 0 fully saturated rings. The highest BCUT2D eigenvalue weighted by Crippen LogP contribution is 2.12. The van der Waals surface area contributed by atoms with E-state index in [0.29, 0.717) is 12.3 Å². The van der Waals surface area contributed by atoms with Gasteiger partial charge in [0.25, 0.3) is 0 Å². The number of nitrogens with two attached hydrogens (primary N) is 2. The normalized spacial score (nSPS) is 11.6. The van der Waals surface area contributed by atoms with Crippen LogP contribution in [-0.2, 0) is 11.2 Å². The number of aliphatic imine (C=N–C) groups is 1. The van der Waals surface area contributed by atoms with E-state index in [2.05, 4.69) is 17.6 Å². The first-order valence-corrected chi connectivity index (χ1v) is 6.81. The highest BCUT2D eigenvalue weighted by Gasteiger charge is 1.99. The summed E-state index contributed by atoms with van der Waals surface area (Å²) in [4.78, 5) is 14.3. The average molecular weight is 293 g/mol. The van der Waals surface area contributed by atoms with Gasteiger partial charge in [0.2, 0.25) is 0 Å². The van der Waals surface area contributed by atoms with Crippen LogP contribution in [0.25, 0.3) is 5.70 Å². The molecule has 0 spiro atoms. The number of nitrogens with zero attached hydrogens (tertiary/aromatic N) is 1. The van der Waals surface area contributed by atoms with Gasteiger partial charge >= 0.3 is 0 Å². The van der Waals surface area contributed by atoms with Crippen molar-refractivity contribution in [2.24, 2.45) is 16.5 Å². The lowest BCUT2D eigenvalue weighted by Gasteiger charge is -2.03. The quantitative estimate of drug-likeness (QED) is 0.453. The molecule has 1 aromatic carbocycles. The van der Waals surface area contributed by atoms with E-state index in [-0.39, 0.29) is 5.12 Å². The number of amidine groups is 1. The van der Waals surface area contributed by atoms with Crippen LogP contribution < -0.4 is 11.5 Å². The number of rotatable bonds is 4. The number of carbonyl (C=O) groups is 1. The van der Waals surface area contributed by atoms with Crippen molar-refractivity contribution < 1.29 is 4.79 Å². The number of hydrogen-bond acceptors (Lipinski definition) is 3. The van der Waals surface area contributed by atoms with Gasteiger partial charge in [-0.15, -0.1) is 12.6 Å². The molecule has 0 saturated carbocycles. The van der Waals surface area contributed by atoms with Gasteiger partial charge < -0.3 is 11.5 Å². The molecule has 0 aliphatic carbocycles. The first-order valence-electron chi connectivity index (χ1n) is 6.36. The molecular formula is C15H23N3OS. The minimum Gasteiger partial charge on any atom is -0.399 e. The largest absolute Gasteiger partial charge is 0.399 e. The van der Waals surface area contributed by atoms with E-state index in [1.165, 1.54) is 0 Å². The van der Waals surface area contributed by atoms with Gasteiger partial charge in [-0.25, -0.2) is 0 Å². The maximum absolute atomic E-state index is 10.8. The first-order chi connectivity index (χ1) is 9.40. The van der Waals surface area contributed by atoms with Gasteiger partial charge in [-0.2, -0.15) is 0 Å². The number of benzene rings is 1. The van der Waals surface area contributed by atoms with E-state index in [1.807, 2.05) is 37.3 Å². The SMILES string of the molecule is CC/C=C(/N)c1ccc(CC(=O)S)cc1.CN=C(C)N. The van der Waals surface area contributed by atoms with Crippen LogP contribution in [0.3, 0.4) is 0 Å². The molecular weight excluding hydrogens is 270 g/mol. The van der Waals surface area contributed by atoms with Gasteiger partial charge in [0.15, 0.2) is 5.12 Å². The fraction of sp³-hybridized carbons (Fsp3) is 0.333. The Morgan fingerprint density at radius 3 is 2.15 bits per heavy atom. The zero-order valence-electron chi connectivity index (χ0n) is 12.3. The summed E-state index contributed by atoms with van der Waals surface area (Å²) in [6.07, 6.45) is 3.25. The molecule has 0 atom stereocenters. The Kier molecular flexibility index (Phi) is 9.20. The summed E-state index contributed by atoms with van der Waals surface area (Å²) >= 11 is 3.73. The Bertz CT molecular complexity index is 474. The Balaban J connectivity index is 0.000000621. The maximum atomic E-state index is 10.8. The Labute approximate surface area is 126 Å². The van der Waals surface area contributed by atoms with Crippen LogP contribution in [0.1, 0.15) is 31.4 Å². The van der Waals surface area contributed by atoms with E-state index in [4.69, 9.17) is 11.5 Å². The molecule has 0 radical (unpaired) electrons. The van der Waals surface area contributed by atoms with Crippen molar-refractivity contribution >= 4 is 29.3 Å². The third-order valence-electron chi connectivity index (χ3n) is 2.42. The monoisotopic (exact) mass is 293 g/mol. The highest BCUT2D eigenvalue weighted by molar-refractivity contribution is 7.96. The number of carbonyl (C=O) groups excluding carboxylic acids is 1. The summed E-state index contributed by atoms with van der Waals surface area (Å²) in [5.41, 5.74) is 13.6. The van der Waals surface area contributed by atoms with Crippen LogP contribution in [0.4, 0.5) is 0 Å². The molecule has 0 heterocycles. The zero-order valence-corrected chi connectivity index (χ0v) is 13.2. The molecule has 110 valence electrons. The van der Waals surface area contributed by atoms with Crippen molar-refractivity contribution in [3.05, 3.63) is 41.5 Å². The fourth-order valence-electron chi connectivity index (χ4n) is 1.33. The van der Waals surface area contributed by atoms with Crippen LogP contribution in [-0.4, -0.2) is 18.0 Å². The van der Waals surface area contributed by atoms with Crippen LogP contribution in [0.2, 0.25) is 0 Å². The molecule has 0 aliphatic heterocycles. The van der Waals surface area contributed by atoms with E-state index >= 15 is 0 Å². The summed E-state index contributed by atoms with van der Waals surface area (Å²) in [7, 11) is 1.66. The smallest absolute Gasteiger partial charge is 0.190 e. The molecule has 1 aromatic rings. The predicted octanol–water partition coefficient (Wildman–Crippen LogP) is 2.39. The molecule has 0 aromatic heterocycles. The second kappa shape index (κ2) is 10.1. The summed E-state index contributed by atoms with van der Waals surface area (Å²) in [5.74, 6) is 0.630. The molecule has 0 amide bonds. The van der Waals surface area contributed by atoms with Gasteiger partial charge in [-0.05, 0) is 24.5 Å². The minimum atomic E-state index is -0.125. The summed E-state index contributed by atoms with van der Waals surface area (Å²) in [6, 6.07) is 7.65. The fourth-order valence-corrected chi connectivity index (χ4v) is 1.51. The zero-order chi connectivity index (χ0) is 15.5. The van der Waals surface area contributed by atoms with Gasteiger partial charge in [0.05, 0.1) is 5.84 Å². The van der Waals surface area contributed by atoms with E-state index < -0.39 is 0 Å². The van der Waals surface area contributed by atoms with Crippen LogP contribution in [0.15, 0.2) is 35.3 Å². The summed E-state index contributed by atoms with van der Waals surface area (Å²) in [5, 5.41) is -0.125. The average Bonchev–Trinajstić information content (AvgIpc) is 2.39.